The van der Waals surface area contributed by atoms with E-state index in [9.17, 15) is 9.59 Å². The third-order valence-electron chi connectivity index (χ3n) is 3.39. The van der Waals surface area contributed by atoms with Crippen molar-refractivity contribution in [3.8, 4) is 0 Å². The van der Waals surface area contributed by atoms with Crippen molar-refractivity contribution in [3.63, 3.8) is 0 Å². The van der Waals surface area contributed by atoms with Crippen molar-refractivity contribution in [1.29, 1.82) is 0 Å². The Hall–Kier alpha value is -1.71. The molecule has 1 aromatic rings. The monoisotopic (exact) mass is 263 g/mol. The minimum atomic E-state index is -0.253. The fourth-order valence-corrected chi connectivity index (χ4v) is 2.18. The van der Waals surface area contributed by atoms with Gasteiger partial charge in [-0.1, -0.05) is 13.8 Å². The summed E-state index contributed by atoms with van der Waals surface area (Å²) in [6, 6.07) is 3.67. The molecule has 0 aliphatic rings. The zero-order chi connectivity index (χ0) is 14.3. The standard InChI is InChI=1S/C15H21NO3/c1-4-11(15(18)19-3)10-13(14(17)5-2)12-6-8-16-9-7-12/h6-9,11,13H,4-5,10H2,1-3H3. The number of carbonyl (C=O) groups is 2. The molecule has 1 rings (SSSR count). The Balaban J connectivity index is 2.93. The molecule has 104 valence electrons. The van der Waals surface area contributed by atoms with Crippen LogP contribution in [0.25, 0.3) is 0 Å². The van der Waals surface area contributed by atoms with Crippen LogP contribution >= 0.6 is 0 Å². The summed E-state index contributed by atoms with van der Waals surface area (Å²) >= 11 is 0. The molecule has 0 radical (unpaired) electrons. The topological polar surface area (TPSA) is 56.3 Å². The van der Waals surface area contributed by atoms with Gasteiger partial charge >= 0.3 is 5.97 Å². The minimum absolute atomic E-state index is 0.147. The number of ketones is 1. The number of aromatic nitrogens is 1. The first kappa shape index (κ1) is 15.3. The highest BCUT2D eigenvalue weighted by atomic mass is 16.5. The van der Waals surface area contributed by atoms with Gasteiger partial charge in [0.2, 0.25) is 0 Å². The van der Waals surface area contributed by atoms with Gasteiger partial charge in [-0.05, 0) is 30.5 Å². The van der Waals surface area contributed by atoms with Crippen LogP contribution in [-0.2, 0) is 14.3 Å². The molecule has 0 N–H and O–H groups in total. The molecule has 0 spiro atoms. The summed E-state index contributed by atoms with van der Waals surface area (Å²) in [5.41, 5.74) is 0.921. The molecule has 4 heteroatoms. The van der Waals surface area contributed by atoms with Crippen molar-refractivity contribution >= 4 is 11.8 Å². The van der Waals surface area contributed by atoms with Crippen LogP contribution in [0.4, 0.5) is 0 Å². The SMILES string of the molecule is CCC(=O)C(CC(CC)C(=O)OC)c1ccncc1. The summed E-state index contributed by atoms with van der Waals surface area (Å²) in [7, 11) is 1.38. The Kier molecular flexibility index (Phi) is 6.19. The molecule has 19 heavy (non-hydrogen) atoms. The molecule has 2 atom stereocenters. The number of carbonyl (C=O) groups excluding carboxylic acids is 2. The Morgan fingerprint density at radius 1 is 1.26 bits per heavy atom. The molecule has 0 fully saturated rings. The molecule has 4 nitrogen and oxygen atoms in total. The highest BCUT2D eigenvalue weighted by Gasteiger charge is 2.27. The average molecular weight is 263 g/mol. The van der Waals surface area contributed by atoms with Crippen LogP contribution in [0.5, 0.6) is 0 Å². The second-order valence-corrected chi connectivity index (χ2v) is 4.52. The molecule has 0 saturated carbocycles. The largest absolute Gasteiger partial charge is 0.469 e. The van der Waals surface area contributed by atoms with Gasteiger partial charge in [0.15, 0.2) is 0 Å². The Morgan fingerprint density at radius 3 is 2.37 bits per heavy atom. The maximum atomic E-state index is 12.1. The van der Waals surface area contributed by atoms with Gasteiger partial charge in [0, 0.05) is 24.7 Å². The number of methoxy groups -OCH3 is 1. The number of hydrogen-bond donors (Lipinski definition) is 0. The Labute approximate surface area is 114 Å². The predicted molar refractivity (Wildman–Crippen MR) is 72.7 cm³/mol. The van der Waals surface area contributed by atoms with Gasteiger partial charge in [-0.15, -0.1) is 0 Å². The minimum Gasteiger partial charge on any atom is -0.469 e. The van der Waals surface area contributed by atoms with Crippen molar-refractivity contribution < 1.29 is 14.3 Å². The summed E-state index contributed by atoms with van der Waals surface area (Å²) in [4.78, 5) is 27.7. The Bertz CT molecular complexity index is 417. The number of pyridine rings is 1. The molecule has 0 aliphatic carbocycles. The molecule has 0 aromatic carbocycles. The first-order valence-corrected chi connectivity index (χ1v) is 6.64. The van der Waals surface area contributed by atoms with Gasteiger partial charge in [0.1, 0.15) is 5.78 Å². The van der Waals surface area contributed by atoms with Crippen molar-refractivity contribution in [2.75, 3.05) is 7.11 Å². The van der Waals surface area contributed by atoms with E-state index in [1.165, 1.54) is 7.11 Å². The maximum absolute atomic E-state index is 12.1. The van der Waals surface area contributed by atoms with Crippen molar-refractivity contribution in [1.82, 2.24) is 4.98 Å². The molecule has 2 unspecified atom stereocenters. The number of nitrogens with zero attached hydrogens (tertiary/aromatic N) is 1. The highest BCUT2D eigenvalue weighted by Crippen LogP contribution is 2.27. The maximum Gasteiger partial charge on any atom is 0.308 e. The van der Waals surface area contributed by atoms with Crippen LogP contribution < -0.4 is 0 Å². The number of Topliss-reactive ketones (excluding diaryl/α,β-unsaturated/α-hetero) is 1. The van der Waals surface area contributed by atoms with E-state index in [2.05, 4.69) is 4.98 Å². The van der Waals surface area contributed by atoms with Gasteiger partial charge in [0.25, 0.3) is 0 Å². The van der Waals surface area contributed by atoms with E-state index < -0.39 is 0 Å². The summed E-state index contributed by atoms with van der Waals surface area (Å²) in [5, 5.41) is 0. The highest BCUT2D eigenvalue weighted by molar-refractivity contribution is 5.86. The van der Waals surface area contributed by atoms with Crippen LogP contribution in [-0.4, -0.2) is 23.8 Å². The van der Waals surface area contributed by atoms with Gasteiger partial charge in [-0.3, -0.25) is 14.6 Å². The van der Waals surface area contributed by atoms with Crippen molar-refractivity contribution in [2.45, 2.75) is 39.0 Å². The van der Waals surface area contributed by atoms with Gasteiger partial charge in [0.05, 0.1) is 13.0 Å². The fraction of sp³-hybridized carbons (Fsp3) is 0.533. The summed E-state index contributed by atoms with van der Waals surface area (Å²) in [5.74, 6) is -0.588. The first-order chi connectivity index (χ1) is 9.13. The second-order valence-electron chi connectivity index (χ2n) is 4.52. The van der Waals surface area contributed by atoms with Crippen LogP contribution in [0, 0.1) is 5.92 Å². The predicted octanol–water partition coefficient (Wildman–Crippen LogP) is 2.73. The lowest BCUT2D eigenvalue weighted by Gasteiger charge is -2.20. The summed E-state index contributed by atoms with van der Waals surface area (Å²) < 4.78 is 4.79. The Morgan fingerprint density at radius 2 is 1.89 bits per heavy atom. The van der Waals surface area contributed by atoms with Crippen molar-refractivity contribution in [3.05, 3.63) is 30.1 Å². The molecule has 0 aliphatic heterocycles. The number of rotatable bonds is 7. The third kappa shape index (κ3) is 4.16. The zero-order valence-corrected chi connectivity index (χ0v) is 11.8. The van der Waals surface area contributed by atoms with Gasteiger partial charge in [-0.25, -0.2) is 0 Å². The normalized spacial score (nSPS) is 13.6. The fourth-order valence-electron chi connectivity index (χ4n) is 2.18. The van der Waals surface area contributed by atoms with E-state index in [1.807, 2.05) is 26.0 Å². The van der Waals surface area contributed by atoms with E-state index in [1.54, 1.807) is 12.4 Å². The van der Waals surface area contributed by atoms with Crippen molar-refractivity contribution in [2.24, 2.45) is 5.92 Å². The average Bonchev–Trinajstić information content (AvgIpc) is 2.48. The van der Waals surface area contributed by atoms with E-state index in [0.29, 0.717) is 19.3 Å². The molecule has 0 saturated heterocycles. The molecule has 1 heterocycles. The third-order valence-corrected chi connectivity index (χ3v) is 3.39. The molecule has 0 bridgehead atoms. The lowest BCUT2D eigenvalue weighted by atomic mass is 9.84. The first-order valence-electron chi connectivity index (χ1n) is 6.64. The molecule has 0 amide bonds. The van der Waals surface area contributed by atoms with E-state index in [4.69, 9.17) is 4.74 Å². The summed E-state index contributed by atoms with van der Waals surface area (Å²) in [6.07, 6.45) is 4.98. The quantitative estimate of drug-likeness (QED) is 0.710. The lowest BCUT2D eigenvalue weighted by Crippen LogP contribution is -2.22. The number of hydrogen-bond acceptors (Lipinski definition) is 4. The van der Waals surface area contributed by atoms with E-state index >= 15 is 0 Å². The zero-order valence-electron chi connectivity index (χ0n) is 11.8. The van der Waals surface area contributed by atoms with Crippen LogP contribution in [0.15, 0.2) is 24.5 Å². The summed E-state index contributed by atoms with van der Waals surface area (Å²) in [6.45, 7) is 3.78. The second kappa shape index (κ2) is 7.67. The van der Waals surface area contributed by atoms with Crippen LogP contribution in [0.2, 0.25) is 0 Å². The number of esters is 1. The van der Waals surface area contributed by atoms with E-state index in [0.717, 1.165) is 5.56 Å². The molecule has 1 aromatic heterocycles. The van der Waals surface area contributed by atoms with Gasteiger partial charge in [-0.2, -0.15) is 0 Å². The van der Waals surface area contributed by atoms with Crippen LogP contribution in [0.1, 0.15) is 44.6 Å². The lowest BCUT2D eigenvalue weighted by molar-refractivity contribution is -0.146. The molecular weight excluding hydrogens is 242 g/mol. The number of ether oxygens (including phenoxy) is 1. The van der Waals surface area contributed by atoms with Gasteiger partial charge < -0.3 is 4.74 Å². The van der Waals surface area contributed by atoms with Crippen LogP contribution in [0.3, 0.4) is 0 Å². The van der Waals surface area contributed by atoms with E-state index in [-0.39, 0.29) is 23.6 Å². The molecular formula is C15H21NO3. The smallest absolute Gasteiger partial charge is 0.308 e.